The van der Waals surface area contributed by atoms with E-state index in [2.05, 4.69) is 26.3 Å². The largest absolute Gasteiger partial charge is 0.383 e. The number of carbonyl (C=O) groups excluding carboxylic acids is 1. The Morgan fingerprint density at radius 2 is 2.11 bits per heavy atom. The van der Waals surface area contributed by atoms with Crippen LogP contribution in [0.2, 0.25) is 0 Å². The maximum Gasteiger partial charge on any atom is 0.261 e. The first-order valence-corrected chi connectivity index (χ1v) is 9.20. The molecule has 0 aliphatic carbocycles. The molecule has 1 aromatic carbocycles. The van der Waals surface area contributed by atoms with Crippen molar-refractivity contribution in [2.24, 2.45) is 0 Å². The van der Waals surface area contributed by atoms with Gasteiger partial charge in [0.15, 0.2) is 5.82 Å². The van der Waals surface area contributed by atoms with E-state index >= 15 is 0 Å². The average Bonchev–Trinajstić information content (AvgIpc) is 3.18. The van der Waals surface area contributed by atoms with Gasteiger partial charge in [-0.15, -0.1) is 11.3 Å². The number of pyridine rings is 1. The normalized spacial score (nSPS) is 10.5. The molecule has 3 N–H and O–H groups in total. The van der Waals surface area contributed by atoms with Crippen molar-refractivity contribution < 1.29 is 4.79 Å². The minimum Gasteiger partial charge on any atom is -0.383 e. The van der Waals surface area contributed by atoms with E-state index in [4.69, 9.17) is 11.0 Å². The number of benzene rings is 1. The van der Waals surface area contributed by atoms with E-state index in [0.29, 0.717) is 44.4 Å². The Bertz CT molecular complexity index is 1210. The van der Waals surface area contributed by atoms with Crippen molar-refractivity contribution in [1.29, 1.82) is 5.26 Å². The van der Waals surface area contributed by atoms with Crippen LogP contribution in [0.15, 0.2) is 54.9 Å². The SMILES string of the molecule is N#Cc1cccc(-c2nc(N)c3cc(C(=O)NCc4cccnc4)sc3n2)c1. The van der Waals surface area contributed by atoms with Crippen molar-refractivity contribution in [2.45, 2.75) is 6.54 Å². The molecule has 0 bridgehead atoms. The Kier molecular flexibility index (Phi) is 4.66. The molecule has 1 amide bonds. The molecule has 3 aromatic heterocycles. The number of nitrogen functional groups attached to an aromatic ring is 1. The Balaban J connectivity index is 1.62. The second-order valence-electron chi connectivity index (χ2n) is 6.00. The fourth-order valence-corrected chi connectivity index (χ4v) is 3.64. The third kappa shape index (κ3) is 3.51. The van der Waals surface area contributed by atoms with Gasteiger partial charge < -0.3 is 11.1 Å². The molecule has 28 heavy (non-hydrogen) atoms. The Morgan fingerprint density at radius 1 is 1.21 bits per heavy atom. The molecule has 136 valence electrons. The number of aromatic nitrogens is 3. The van der Waals surface area contributed by atoms with Crippen LogP contribution in [0.1, 0.15) is 20.8 Å². The summed E-state index contributed by atoms with van der Waals surface area (Å²) < 4.78 is 0. The molecule has 0 aliphatic heterocycles. The number of amides is 1. The van der Waals surface area contributed by atoms with Gasteiger partial charge in [-0.05, 0) is 29.8 Å². The Hall–Kier alpha value is -3.83. The molecule has 0 aliphatic rings. The monoisotopic (exact) mass is 386 g/mol. The number of carbonyl (C=O) groups is 1. The number of nitriles is 1. The number of hydrogen-bond donors (Lipinski definition) is 2. The fraction of sp³-hybridized carbons (Fsp3) is 0.0500. The van der Waals surface area contributed by atoms with E-state index in [1.165, 1.54) is 11.3 Å². The molecule has 4 rings (SSSR count). The third-order valence-electron chi connectivity index (χ3n) is 4.07. The lowest BCUT2D eigenvalue weighted by Crippen LogP contribution is -2.21. The van der Waals surface area contributed by atoms with E-state index in [1.54, 1.807) is 36.7 Å². The zero-order chi connectivity index (χ0) is 19.5. The van der Waals surface area contributed by atoms with Gasteiger partial charge in [0, 0.05) is 24.5 Å². The lowest BCUT2D eigenvalue weighted by molar-refractivity contribution is 0.0955. The van der Waals surface area contributed by atoms with Crippen molar-refractivity contribution in [3.05, 3.63) is 70.9 Å². The predicted octanol–water partition coefficient (Wildman–Crippen LogP) is 3.14. The van der Waals surface area contributed by atoms with E-state index in [-0.39, 0.29) is 5.91 Å². The molecule has 3 heterocycles. The molecule has 4 aromatic rings. The van der Waals surface area contributed by atoms with Crippen LogP contribution in [-0.2, 0) is 6.54 Å². The summed E-state index contributed by atoms with van der Waals surface area (Å²) in [5, 5.41) is 12.6. The quantitative estimate of drug-likeness (QED) is 0.556. The van der Waals surface area contributed by atoms with E-state index in [9.17, 15) is 4.79 Å². The second-order valence-corrected chi connectivity index (χ2v) is 7.03. The molecule has 0 unspecified atom stereocenters. The highest BCUT2D eigenvalue weighted by Crippen LogP contribution is 2.30. The lowest BCUT2D eigenvalue weighted by Gasteiger charge is -2.02. The number of nitrogens with zero attached hydrogens (tertiary/aromatic N) is 4. The number of nitrogens with two attached hydrogens (primary N) is 1. The highest BCUT2D eigenvalue weighted by molar-refractivity contribution is 7.20. The molecule has 0 saturated heterocycles. The van der Waals surface area contributed by atoms with Crippen molar-refractivity contribution in [1.82, 2.24) is 20.3 Å². The van der Waals surface area contributed by atoms with Gasteiger partial charge in [-0.2, -0.15) is 5.26 Å². The summed E-state index contributed by atoms with van der Waals surface area (Å²) in [6, 6.07) is 14.5. The van der Waals surface area contributed by atoms with Gasteiger partial charge in [-0.1, -0.05) is 18.2 Å². The summed E-state index contributed by atoms with van der Waals surface area (Å²) in [5.74, 6) is 0.510. The molecule has 0 fully saturated rings. The summed E-state index contributed by atoms with van der Waals surface area (Å²) in [7, 11) is 0. The van der Waals surface area contributed by atoms with Gasteiger partial charge in [0.05, 0.1) is 21.9 Å². The number of anilines is 1. The second kappa shape index (κ2) is 7.42. The van der Waals surface area contributed by atoms with Crippen molar-refractivity contribution in [2.75, 3.05) is 5.73 Å². The van der Waals surface area contributed by atoms with Gasteiger partial charge in [0.2, 0.25) is 0 Å². The first kappa shape index (κ1) is 17.6. The summed E-state index contributed by atoms with van der Waals surface area (Å²) >= 11 is 1.25. The molecule has 7 nitrogen and oxygen atoms in total. The predicted molar refractivity (Wildman–Crippen MR) is 107 cm³/mol. The highest BCUT2D eigenvalue weighted by Gasteiger charge is 2.15. The van der Waals surface area contributed by atoms with Gasteiger partial charge in [0.25, 0.3) is 5.91 Å². The molecular weight excluding hydrogens is 372 g/mol. The number of nitrogens with one attached hydrogen (secondary N) is 1. The summed E-state index contributed by atoms with van der Waals surface area (Å²) in [5.41, 5.74) is 8.22. The maximum absolute atomic E-state index is 12.5. The van der Waals surface area contributed by atoms with Crippen LogP contribution < -0.4 is 11.1 Å². The third-order valence-corrected chi connectivity index (χ3v) is 5.10. The van der Waals surface area contributed by atoms with Gasteiger partial charge in [0.1, 0.15) is 10.6 Å². The minimum absolute atomic E-state index is 0.209. The smallest absolute Gasteiger partial charge is 0.261 e. The number of thiophene rings is 1. The van der Waals surface area contributed by atoms with Crippen LogP contribution in [0.5, 0.6) is 0 Å². The van der Waals surface area contributed by atoms with Crippen LogP contribution in [-0.4, -0.2) is 20.9 Å². The fourth-order valence-electron chi connectivity index (χ4n) is 2.68. The topological polar surface area (TPSA) is 118 Å². The Labute approximate surface area is 164 Å². The van der Waals surface area contributed by atoms with Gasteiger partial charge in [-0.25, -0.2) is 9.97 Å². The summed E-state index contributed by atoms with van der Waals surface area (Å²) in [6.07, 6.45) is 3.39. The van der Waals surface area contributed by atoms with Crippen LogP contribution in [0.4, 0.5) is 5.82 Å². The molecule has 0 spiro atoms. The molecule has 8 heteroatoms. The van der Waals surface area contributed by atoms with Crippen LogP contribution in [0.25, 0.3) is 21.6 Å². The standard InChI is InChI=1S/C20H14N6OS/c21-9-12-3-1-5-14(7-12)18-25-17(22)15-8-16(28-20(15)26-18)19(27)24-11-13-4-2-6-23-10-13/h1-8,10H,11H2,(H,24,27)(H2,22,25,26). The van der Waals surface area contributed by atoms with Crippen molar-refractivity contribution in [3.8, 4) is 17.5 Å². The first-order valence-electron chi connectivity index (χ1n) is 8.39. The first-order chi connectivity index (χ1) is 13.6. The zero-order valence-electron chi connectivity index (χ0n) is 14.6. The molecule has 0 radical (unpaired) electrons. The van der Waals surface area contributed by atoms with E-state index < -0.39 is 0 Å². The van der Waals surface area contributed by atoms with Crippen LogP contribution in [0, 0.1) is 11.3 Å². The van der Waals surface area contributed by atoms with E-state index in [1.807, 2.05) is 18.2 Å². The number of hydrogen-bond acceptors (Lipinski definition) is 7. The minimum atomic E-state index is -0.209. The molecule has 0 atom stereocenters. The summed E-state index contributed by atoms with van der Waals surface area (Å²) in [4.78, 5) is 26.5. The Morgan fingerprint density at radius 3 is 2.89 bits per heavy atom. The average molecular weight is 386 g/mol. The zero-order valence-corrected chi connectivity index (χ0v) is 15.4. The van der Waals surface area contributed by atoms with Gasteiger partial charge >= 0.3 is 0 Å². The molecular formula is C20H14N6OS. The molecule has 0 saturated carbocycles. The highest BCUT2D eigenvalue weighted by atomic mass is 32.1. The summed E-state index contributed by atoms with van der Waals surface area (Å²) in [6.45, 7) is 0.383. The number of rotatable bonds is 4. The van der Waals surface area contributed by atoms with Crippen LogP contribution in [0.3, 0.4) is 0 Å². The van der Waals surface area contributed by atoms with Crippen molar-refractivity contribution in [3.63, 3.8) is 0 Å². The maximum atomic E-state index is 12.5. The van der Waals surface area contributed by atoms with Crippen molar-refractivity contribution >= 4 is 33.3 Å². The number of fused-ring (bicyclic) bond motifs is 1. The van der Waals surface area contributed by atoms with Crippen LogP contribution >= 0.6 is 11.3 Å². The van der Waals surface area contributed by atoms with E-state index in [0.717, 1.165) is 5.56 Å². The lowest BCUT2D eigenvalue weighted by atomic mass is 10.1. The van der Waals surface area contributed by atoms with Gasteiger partial charge in [-0.3, -0.25) is 9.78 Å².